The van der Waals surface area contributed by atoms with E-state index >= 15 is 0 Å². The quantitative estimate of drug-likeness (QED) is 0.415. The Hall–Kier alpha value is -4.07. The average molecular weight is 435 g/mol. The molecule has 166 valence electrons. The van der Waals surface area contributed by atoms with Crippen molar-refractivity contribution >= 4 is 18.1 Å². The van der Waals surface area contributed by atoms with Gasteiger partial charge in [0.2, 0.25) is 0 Å². The monoisotopic (exact) mass is 435 g/mol. The molecule has 1 amide bonds. The van der Waals surface area contributed by atoms with Crippen molar-refractivity contribution < 1.29 is 24.2 Å². The summed E-state index contributed by atoms with van der Waals surface area (Å²) in [6, 6.07) is 13.9. The number of hydrazone groups is 1. The summed E-state index contributed by atoms with van der Waals surface area (Å²) in [5.74, 6) is -0.0825. The Labute approximate surface area is 186 Å². The van der Waals surface area contributed by atoms with Crippen molar-refractivity contribution in [1.29, 1.82) is 0 Å². The lowest BCUT2D eigenvalue weighted by Gasteiger charge is -2.13. The van der Waals surface area contributed by atoms with Gasteiger partial charge >= 0.3 is 5.97 Å². The molecule has 2 N–H and O–H groups in total. The fourth-order valence-corrected chi connectivity index (χ4v) is 3.36. The SMILES string of the molecule is COc1ccc(OCC(=O)NN=Cc2cc(C)n(-c3ccc(C(=O)O)cc3C)c2C)cc1. The largest absolute Gasteiger partial charge is 0.497 e. The van der Waals surface area contributed by atoms with Crippen LogP contribution in [0.4, 0.5) is 0 Å². The van der Waals surface area contributed by atoms with Crippen LogP contribution in [0.25, 0.3) is 5.69 Å². The fraction of sp³-hybridized carbons (Fsp3) is 0.208. The van der Waals surface area contributed by atoms with Crippen molar-refractivity contribution in [2.24, 2.45) is 5.10 Å². The number of rotatable bonds is 8. The first-order valence-electron chi connectivity index (χ1n) is 9.92. The Kier molecular flexibility index (Phi) is 6.94. The van der Waals surface area contributed by atoms with Crippen LogP contribution in [-0.4, -0.2) is 41.5 Å². The highest BCUT2D eigenvalue weighted by Gasteiger charge is 2.13. The number of aromatic nitrogens is 1. The summed E-state index contributed by atoms with van der Waals surface area (Å²) in [6.45, 7) is 5.60. The van der Waals surface area contributed by atoms with Gasteiger partial charge in [-0.15, -0.1) is 0 Å². The maximum Gasteiger partial charge on any atom is 0.335 e. The first-order chi connectivity index (χ1) is 15.3. The predicted octanol–water partition coefficient (Wildman–Crippen LogP) is 3.64. The zero-order valence-electron chi connectivity index (χ0n) is 18.4. The molecule has 0 aliphatic rings. The van der Waals surface area contributed by atoms with Gasteiger partial charge < -0.3 is 19.1 Å². The molecule has 8 heteroatoms. The molecule has 0 bridgehead atoms. The van der Waals surface area contributed by atoms with Crippen LogP contribution in [-0.2, 0) is 4.79 Å². The summed E-state index contributed by atoms with van der Waals surface area (Å²) in [5, 5.41) is 13.2. The standard InChI is InChI=1S/C24H25N3O5/c1-15-11-18(24(29)30)5-10-22(15)27-16(2)12-19(17(27)3)13-25-26-23(28)14-32-21-8-6-20(31-4)7-9-21/h5-13H,14H2,1-4H3,(H,26,28)(H,29,30). The maximum atomic E-state index is 12.0. The minimum atomic E-state index is -0.958. The van der Waals surface area contributed by atoms with Gasteiger partial charge in [0.15, 0.2) is 6.61 Å². The number of nitrogens with one attached hydrogen (secondary N) is 1. The Bertz CT molecular complexity index is 1160. The number of methoxy groups -OCH3 is 1. The molecule has 0 saturated heterocycles. The Balaban J connectivity index is 1.65. The van der Waals surface area contributed by atoms with E-state index in [4.69, 9.17) is 9.47 Å². The van der Waals surface area contributed by atoms with E-state index in [2.05, 4.69) is 10.5 Å². The molecule has 2 aromatic carbocycles. The minimum Gasteiger partial charge on any atom is -0.497 e. The number of carboxylic acid groups (broad SMARTS) is 1. The van der Waals surface area contributed by atoms with Crippen molar-refractivity contribution in [3.8, 4) is 17.2 Å². The fourth-order valence-electron chi connectivity index (χ4n) is 3.36. The summed E-state index contributed by atoms with van der Waals surface area (Å²) >= 11 is 0. The maximum absolute atomic E-state index is 12.0. The first-order valence-corrected chi connectivity index (χ1v) is 9.92. The van der Waals surface area contributed by atoms with E-state index in [1.165, 1.54) is 0 Å². The summed E-state index contributed by atoms with van der Waals surface area (Å²) < 4.78 is 12.5. The number of hydrogen-bond donors (Lipinski definition) is 2. The van der Waals surface area contributed by atoms with Gasteiger partial charge in [0, 0.05) is 22.6 Å². The Morgan fingerprint density at radius 3 is 2.38 bits per heavy atom. The molecule has 3 rings (SSSR count). The van der Waals surface area contributed by atoms with Crippen LogP contribution in [0.15, 0.2) is 53.6 Å². The van der Waals surface area contributed by atoms with E-state index < -0.39 is 5.97 Å². The summed E-state index contributed by atoms with van der Waals surface area (Å²) in [4.78, 5) is 23.2. The van der Waals surface area contributed by atoms with Crippen LogP contribution in [0.2, 0.25) is 0 Å². The van der Waals surface area contributed by atoms with E-state index in [0.717, 1.165) is 28.2 Å². The lowest BCUT2D eigenvalue weighted by Crippen LogP contribution is -2.24. The summed E-state index contributed by atoms with van der Waals surface area (Å²) in [6.07, 6.45) is 1.57. The lowest BCUT2D eigenvalue weighted by molar-refractivity contribution is -0.123. The van der Waals surface area contributed by atoms with E-state index in [0.29, 0.717) is 11.5 Å². The van der Waals surface area contributed by atoms with Gasteiger partial charge in [-0.25, -0.2) is 10.2 Å². The molecule has 0 spiro atoms. The zero-order chi connectivity index (χ0) is 23.3. The molecule has 32 heavy (non-hydrogen) atoms. The number of ether oxygens (including phenoxy) is 2. The van der Waals surface area contributed by atoms with Crippen LogP contribution in [0, 0.1) is 20.8 Å². The van der Waals surface area contributed by atoms with Crippen molar-refractivity contribution in [3.05, 3.63) is 76.6 Å². The number of carbonyl (C=O) groups is 2. The molecule has 0 atom stereocenters. The number of amides is 1. The minimum absolute atomic E-state index is 0.169. The molecule has 8 nitrogen and oxygen atoms in total. The van der Waals surface area contributed by atoms with E-state index in [9.17, 15) is 14.7 Å². The smallest absolute Gasteiger partial charge is 0.335 e. The molecule has 3 aromatic rings. The molecule has 0 radical (unpaired) electrons. The second-order valence-corrected chi connectivity index (χ2v) is 7.23. The predicted molar refractivity (Wildman–Crippen MR) is 121 cm³/mol. The van der Waals surface area contributed by atoms with Crippen LogP contribution in [0.1, 0.15) is 32.9 Å². The van der Waals surface area contributed by atoms with Crippen LogP contribution >= 0.6 is 0 Å². The summed E-state index contributed by atoms with van der Waals surface area (Å²) in [5.41, 5.74) is 7.15. The van der Waals surface area contributed by atoms with Crippen molar-refractivity contribution in [3.63, 3.8) is 0 Å². The third-order valence-electron chi connectivity index (χ3n) is 4.98. The van der Waals surface area contributed by atoms with Gasteiger partial charge in [0.05, 0.1) is 18.9 Å². The highest BCUT2D eigenvalue weighted by Crippen LogP contribution is 2.23. The number of aryl methyl sites for hydroxylation is 2. The molecule has 0 aliphatic heterocycles. The first kappa shape index (κ1) is 22.6. The van der Waals surface area contributed by atoms with E-state index in [-0.39, 0.29) is 18.1 Å². The normalized spacial score (nSPS) is 10.9. The molecule has 1 aromatic heterocycles. The lowest BCUT2D eigenvalue weighted by atomic mass is 10.1. The van der Waals surface area contributed by atoms with Crippen molar-refractivity contribution in [1.82, 2.24) is 9.99 Å². The zero-order valence-corrected chi connectivity index (χ0v) is 18.4. The molecule has 0 aliphatic carbocycles. The Morgan fingerprint density at radius 1 is 1.06 bits per heavy atom. The second-order valence-electron chi connectivity index (χ2n) is 7.23. The van der Waals surface area contributed by atoms with Gasteiger partial charge in [-0.3, -0.25) is 4.79 Å². The van der Waals surface area contributed by atoms with Gasteiger partial charge in [0.1, 0.15) is 11.5 Å². The molecule has 0 fully saturated rings. The number of hydrogen-bond acceptors (Lipinski definition) is 5. The average Bonchev–Trinajstić information content (AvgIpc) is 3.05. The second kappa shape index (κ2) is 9.82. The van der Waals surface area contributed by atoms with Crippen LogP contribution < -0.4 is 14.9 Å². The number of nitrogens with zero attached hydrogens (tertiary/aromatic N) is 2. The number of benzene rings is 2. The van der Waals surface area contributed by atoms with Gasteiger partial charge in [-0.05, 0) is 74.9 Å². The van der Waals surface area contributed by atoms with Crippen LogP contribution in [0.3, 0.4) is 0 Å². The Morgan fingerprint density at radius 2 is 1.75 bits per heavy atom. The molecular weight excluding hydrogens is 410 g/mol. The van der Waals surface area contributed by atoms with Crippen LogP contribution in [0.5, 0.6) is 11.5 Å². The molecule has 0 unspecified atom stereocenters. The number of carboxylic acids is 1. The molecule has 1 heterocycles. The van der Waals surface area contributed by atoms with Gasteiger partial charge in [-0.1, -0.05) is 0 Å². The van der Waals surface area contributed by atoms with Crippen molar-refractivity contribution in [2.75, 3.05) is 13.7 Å². The van der Waals surface area contributed by atoms with E-state index in [1.54, 1.807) is 55.8 Å². The van der Waals surface area contributed by atoms with Gasteiger partial charge in [-0.2, -0.15) is 5.10 Å². The molecular formula is C24H25N3O5. The van der Waals surface area contributed by atoms with Gasteiger partial charge in [0.25, 0.3) is 5.91 Å². The highest BCUT2D eigenvalue weighted by atomic mass is 16.5. The number of aromatic carboxylic acids is 1. The van der Waals surface area contributed by atoms with E-state index in [1.807, 2.05) is 31.4 Å². The number of carbonyl (C=O) groups excluding carboxylic acids is 1. The highest BCUT2D eigenvalue weighted by molar-refractivity contribution is 5.88. The molecule has 0 saturated carbocycles. The third-order valence-corrected chi connectivity index (χ3v) is 4.98. The third kappa shape index (κ3) is 5.15. The summed E-state index contributed by atoms with van der Waals surface area (Å²) in [7, 11) is 1.58. The topological polar surface area (TPSA) is 102 Å². The van der Waals surface area contributed by atoms with Crippen molar-refractivity contribution in [2.45, 2.75) is 20.8 Å².